The topological polar surface area (TPSA) is 54.1 Å². The lowest BCUT2D eigenvalue weighted by atomic mass is 9.87. The Labute approximate surface area is 135 Å². The zero-order valence-electron chi connectivity index (χ0n) is 13.3. The monoisotopic (exact) mass is 308 g/mol. The summed E-state index contributed by atoms with van der Waals surface area (Å²) in [5.74, 6) is 0.747. The van der Waals surface area contributed by atoms with Crippen LogP contribution < -0.4 is 10.1 Å². The molecule has 0 aliphatic carbocycles. The van der Waals surface area contributed by atoms with E-state index in [0.29, 0.717) is 6.42 Å². The highest BCUT2D eigenvalue weighted by Crippen LogP contribution is 2.38. The molecule has 0 fully saturated rings. The Kier molecular flexibility index (Phi) is 4.33. The minimum Gasteiger partial charge on any atom is -0.494 e. The quantitative estimate of drug-likeness (QED) is 0.758. The third kappa shape index (κ3) is 2.93. The number of hydrogen-bond acceptors (Lipinski definition) is 2. The average Bonchev–Trinajstić information content (AvgIpc) is 3.08. The largest absolute Gasteiger partial charge is 0.494 e. The van der Waals surface area contributed by atoms with Crippen molar-refractivity contribution in [3.05, 3.63) is 65.9 Å². The number of benzene rings is 2. The van der Waals surface area contributed by atoms with Crippen LogP contribution in [0.4, 0.5) is 0 Å². The first kappa shape index (κ1) is 15.2. The van der Waals surface area contributed by atoms with Gasteiger partial charge in [-0.25, -0.2) is 0 Å². The maximum Gasteiger partial charge on any atom is 0.220 e. The Morgan fingerprint density at radius 2 is 1.96 bits per heavy atom. The number of nitrogens with one attached hydrogen (secondary N) is 2. The smallest absolute Gasteiger partial charge is 0.220 e. The number of H-pyrrole nitrogens is 1. The zero-order chi connectivity index (χ0) is 16.2. The molecule has 0 aliphatic rings. The van der Waals surface area contributed by atoms with E-state index in [-0.39, 0.29) is 11.8 Å². The summed E-state index contributed by atoms with van der Waals surface area (Å²) < 4.78 is 5.67. The SMILES string of the molecule is CNC(=O)CC(c1ccccc1)c1ccc2cc[nH]c2c1OC. The van der Waals surface area contributed by atoms with E-state index in [2.05, 4.69) is 22.4 Å². The summed E-state index contributed by atoms with van der Waals surface area (Å²) in [5, 5.41) is 3.81. The van der Waals surface area contributed by atoms with Crippen molar-refractivity contribution in [2.45, 2.75) is 12.3 Å². The molecule has 4 heteroatoms. The van der Waals surface area contributed by atoms with Crippen LogP contribution in [0.15, 0.2) is 54.7 Å². The van der Waals surface area contributed by atoms with Gasteiger partial charge in [0.25, 0.3) is 0 Å². The van der Waals surface area contributed by atoms with Crippen molar-refractivity contribution in [1.29, 1.82) is 0 Å². The van der Waals surface area contributed by atoms with E-state index in [0.717, 1.165) is 27.8 Å². The predicted octanol–water partition coefficient (Wildman–Crippen LogP) is 3.44. The number of ether oxygens (including phenoxy) is 1. The van der Waals surface area contributed by atoms with Gasteiger partial charge in [0.15, 0.2) is 0 Å². The molecule has 23 heavy (non-hydrogen) atoms. The first-order chi connectivity index (χ1) is 11.2. The second kappa shape index (κ2) is 6.57. The van der Waals surface area contributed by atoms with Gasteiger partial charge in [-0.2, -0.15) is 0 Å². The van der Waals surface area contributed by atoms with Gasteiger partial charge in [-0.15, -0.1) is 0 Å². The van der Waals surface area contributed by atoms with Crippen LogP contribution in [0.25, 0.3) is 10.9 Å². The number of fused-ring (bicyclic) bond motifs is 1. The lowest BCUT2D eigenvalue weighted by molar-refractivity contribution is -0.120. The van der Waals surface area contributed by atoms with Crippen LogP contribution in [-0.4, -0.2) is 25.0 Å². The van der Waals surface area contributed by atoms with Gasteiger partial charge in [0.1, 0.15) is 5.75 Å². The third-order valence-electron chi connectivity index (χ3n) is 4.16. The van der Waals surface area contributed by atoms with E-state index in [1.54, 1.807) is 14.2 Å². The number of rotatable bonds is 5. The van der Waals surface area contributed by atoms with Crippen molar-refractivity contribution in [3.8, 4) is 5.75 Å². The molecule has 1 heterocycles. The van der Waals surface area contributed by atoms with Crippen LogP contribution in [0.5, 0.6) is 5.75 Å². The highest BCUT2D eigenvalue weighted by Gasteiger charge is 2.22. The van der Waals surface area contributed by atoms with Crippen molar-refractivity contribution in [2.75, 3.05) is 14.2 Å². The lowest BCUT2D eigenvalue weighted by Crippen LogP contribution is -2.21. The molecule has 0 bridgehead atoms. The van der Waals surface area contributed by atoms with E-state index in [4.69, 9.17) is 4.74 Å². The maximum absolute atomic E-state index is 12.0. The van der Waals surface area contributed by atoms with Crippen molar-refractivity contribution >= 4 is 16.8 Å². The Balaban J connectivity index is 2.14. The van der Waals surface area contributed by atoms with E-state index in [1.807, 2.05) is 42.6 Å². The summed E-state index contributed by atoms with van der Waals surface area (Å²) in [7, 11) is 3.33. The molecule has 0 aliphatic heterocycles. The fourth-order valence-electron chi connectivity index (χ4n) is 2.99. The van der Waals surface area contributed by atoms with Gasteiger partial charge in [-0.3, -0.25) is 4.79 Å². The molecule has 3 aromatic rings. The molecule has 0 radical (unpaired) electrons. The van der Waals surface area contributed by atoms with Crippen LogP contribution in [0, 0.1) is 0 Å². The summed E-state index contributed by atoms with van der Waals surface area (Å²) in [6, 6.07) is 16.2. The van der Waals surface area contributed by atoms with Crippen molar-refractivity contribution in [1.82, 2.24) is 10.3 Å². The number of hydrogen-bond donors (Lipinski definition) is 2. The van der Waals surface area contributed by atoms with Crippen molar-refractivity contribution in [2.24, 2.45) is 0 Å². The molecule has 0 saturated carbocycles. The normalized spacial score (nSPS) is 12.1. The van der Waals surface area contributed by atoms with E-state index in [9.17, 15) is 4.79 Å². The van der Waals surface area contributed by atoms with E-state index >= 15 is 0 Å². The van der Waals surface area contributed by atoms with Crippen LogP contribution in [-0.2, 0) is 4.79 Å². The second-order valence-electron chi connectivity index (χ2n) is 5.47. The number of aromatic nitrogens is 1. The Bertz CT molecular complexity index is 809. The molecule has 0 saturated heterocycles. The molecule has 3 rings (SSSR count). The van der Waals surface area contributed by atoms with Gasteiger partial charge in [0.05, 0.1) is 12.6 Å². The minimum atomic E-state index is -0.0567. The van der Waals surface area contributed by atoms with E-state index < -0.39 is 0 Å². The summed E-state index contributed by atoms with van der Waals surface area (Å²) in [6.07, 6.45) is 2.27. The number of methoxy groups -OCH3 is 1. The Morgan fingerprint density at radius 3 is 2.65 bits per heavy atom. The van der Waals surface area contributed by atoms with Crippen molar-refractivity contribution in [3.63, 3.8) is 0 Å². The number of amides is 1. The Morgan fingerprint density at radius 1 is 1.17 bits per heavy atom. The first-order valence-electron chi connectivity index (χ1n) is 7.64. The minimum absolute atomic E-state index is 0.00693. The van der Waals surface area contributed by atoms with Crippen LogP contribution in [0.1, 0.15) is 23.5 Å². The van der Waals surface area contributed by atoms with Gasteiger partial charge >= 0.3 is 0 Å². The molecule has 0 spiro atoms. The Hall–Kier alpha value is -2.75. The summed E-state index contributed by atoms with van der Waals surface area (Å²) in [5.41, 5.74) is 3.07. The number of carbonyl (C=O) groups excluding carboxylic acids is 1. The third-order valence-corrected chi connectivity index (χ3v) is 4.16. The summed E-state index contributed by atoms with van der Waals surface area (Å²) >= 11 is 0. The molecule has 118 valence electrons. The fourth-order valence-corrected chi connectivity index (χ4v) is 2.99. The van der Waals surface area contributed by atoms with Gasteiger partial charge in [-0.05, 0) is 11.6 Å². The number of carbonyl (C=O) groups is 1. The maximum atomic E-state index is 12.0. The molecular weight excluding hydrogens is 288 g/mol. The average molecular weight is 308 g/mol. The summed E-state index contributed by atoms with van der Waals surface area (Å²) in [4.78, 5) is 15.2. The van der Waals surface area contributed by atoms with E-state index in [1.165, 1.54) is 0 Å². The fraction of sp³-hybridized carbons (Fsp3) is 0.211. The predicted molar refractivity (Wildman–Crippen MR) is 91.8 cm³/mol. The molecular formula is C19H20N2O2. The highest BCUT2D eigenvalue weighted by molar-refractivity contribution is 5.87. The second-order valence-corrected chi connectivity index (χ2v) is 5.47. The molecule has 1 amide bonds. The molecule has 1 unspecified atom stereocenters. The van der Waals surface area contributed by atoms with Gasteiger partial charge in [0.2, 0.25) is 5.91 Å². The molecule has 1 aromatic heterocycles. The number of aromatic amines is 1. The van der Waals surface area contributed by atoms with Gasteiger partial charge in [-0.1, -0.05) is 42.5 Å². The molecule has 4 nitrogen and oxygen atoms in total. The highest BCUT2D eigenvalue weighted by atomic mass is 16.5. The van der Waals surface area contributed by atoms with Crippen molar-refractivity contribution < 1.29 is 9.53 Å². The van der Waals surface area contributed by atoms with Gasteiger partial charge < -0.3 is 15.0 Å². The summed E-state index contributed by atoms with van der Waals surface area (Å²) in [6.45, 7) is 0. The van der Waals surface area contributed by atoms with Gasteiger partial charge in [0, 0.05) is 36.5 Å². The van der Waals surface area contributed by atoms with Crippen LogP contribution in [0.2, 0.25) is 0 Å². The first-order valence-corrected chi connectivity index (χ1v) is 7.64. The molecule has 1 atom stereocenters. The lowest BCUT2D eigenvalue weighted by Gasteiger charge is -2.20. The molecule has 2 N–H and O–H groups in total. The van der Waals surface area contributed by atoms with Crippen LogP contribution >= 0.6 is 0 Å². The van der Waals surface area contributed by atoms with Crippen LogP contribution in [0.3, 0.4) is 0 Å². The standard InChI is InChI=1S/C19H20N2O2/c1-20-17(22)12-16(13-6-4-3-5-7-13)15-9-8-14-10-11-21-18(14)19(15)23-2/h3-11,16,21H,12H2,1-2H3,(H,20,22). The molecule has 2 aromatic carbocycles. The zero-order valence-corrected chi connectivity index (χ0v) is 13.3.